The van der Waals surface area contributed by atoms with Crippen LogP contribution >= 0.6 is 11.8 Å². The first-order valence-electron chi connectivity index (χ1n) is 6.18. The van der Waals surface area contributed by atoms with Crippen molar-refractivity contribution >= 4 is 29.3 Å². The number of thioether (sulfide) groups is 1. The predicted octanol–water partition coefficient (Wildman–Crippen LogP) is 2.36. The van der Waals surface area contributed by atoms with Crippen molar-refractivity contribution in [3.8, 4) is 0 Å². The molecule has 0 saturated heterocycles. The lowest BCUT2D eigenvalue weighted by molar-refractivity contribution is -0.117. The lowest BCUT2D eigenvalue weighted by Crippen LogP contribution is -2.11. The summed E-state index contributed by atoms with van der Waals surface area (Å²) in [7, 11) is 0. The van der Waals surface area contributed by atoms with Crippen LogP contribution in [0.4, 0.5) is 11.6 Å². The quantitative estimate of drug-likeness (QED) is 0.630. The van der Waals surface area contributed by atoms with Gasteiger partial charge in [-0.15, -0.1) is 11.8 Å². The first-order chi connectivity index (χ1) is 9.67. The van der Waals surface area contributed by atoms with E-state index in [0.717, 1.165) is 16.3 Å². The fourth-order valence-electron chi connectivity index (χ4n) is 1.72. The number of nitrogens with two attached hydrogens (primary N) is 1. The highest BCUT2D eigenvalue weighted by Crippen LogP contribution is 2.18. The van der Waals surface area contributed by atoms with E-state index in [2.05, 4.69) is 15.3 Å². The minimum atomic E-state index is -0.292. The maximum absolute atomic E-state index is 10.8. The Balaban J connectivity index is 2.08. The van der Waals surface area contributed by atoms with E-state index in [-0.39, 0.29) is 5.91 Å². The number of aromatic nitrogens is 2. The lowest BCUT2D eigenvalue weighted by Gasteiger charge is -2.07. The van der Waals surface area contributed by atoms with E-state index in [1.165, 1.54) is 0 Å². The smallest absolute Gasteiger partial charge is 0.228 e. The van der Waals surface area contributed by atoms with Gasteiger partial charge in [0, 0.05) is 18.3 Å². The second-order valence-corrected chi connectivity index (χ2v) is 5.04. The summed E-state index contributed by atoms with van der Waals surface area (Å²) in [6.45, 7) is 0. The number of rotatable bonds is 6. The fraction of sp³-hybridized carbons (Fsp3) is 0.214. The van der Waals surface area contributed by atoms with Crippen LogP contribution in [0.1, 0.15) is 12.0 Å². The van der Waals surface area contributed by atoms with Gasteiger partial charge < -0.3 is 11.1 Å². The minimum Gasteiger partial charge on any atom is -0.370 e. The number of nitrogens with zero attached hydrogens (tertiary/aromatic N) is 2. The van der Waals surface area contributed by atoms with Crippen LogP contribution in [0.25, 0.3) is 0 Å². The number of amides is 1. The molecule has 1 aromatic carbocycles. The fourth-order valence-corrected chi connectivity index (χ4v) is 2.09. The molecule has 0 radical (unpaired) electrons. The van der Waals surface area contributed by atoms with Crippen LogP contribution in [0.15, 0.2) is 41.6 Å². The van der Waals surface area contributed by atoms with Crippen LogP contribution in [0.2, 0.25) is 0 Å². The zero-order valence-corrected chi connectivity index (χ0v) is 12.0. The highest BCUT2D eigenvalue weighted by atomic mass is 32.2. The van der Waals surface area contributed by atoms with Crippen LogP contribution in [0.3, 0.4) is 0 Å². The van der Waals surface area contributed by atoms with Crippen molar-refractivity contribution in [1.82, 2.24) is 9.97 Å². The Morgan fingerprint density at radius 1 is 1.40 bits per heavy atom. The second kappa shape index (κ2) is 6.91. The van der Waals surface area contributed by atoms with Gasteiger partial charge in [0.25, 0.3) is 0 Å². The Hall–Kier alpha value is -2.08. The van der Waals surface area contributed by atoms with E-state index in [4.69, 9.17) is 5.73 Å². The monoisotopic (exact) mass is 288 g/mol. The number of hydrogen-bond acceptors (Lipinski definition) is 5. The van der Waals surface area contributed by atoms with Crippen LogP contribution < -0.4 is 11.1 Å². The van der Waals surface area contributed by atoms with E-state index in [1.54, 1.807) is 18.0 Å². The maximum atomic E-state index is 10.8. The molecule has 0 saturated carbocycles. The van der Waals surface area contributed by atoms with Crippen molar-refractivity contribution in [2.75, 3.05) is 11.6 Å². The minimum absolute atomic E-state index is 0.292. The molecule has 5 nitrogen and oxygen atoms in total. The highest BCUT2D eigenvalue weighted by Gasteiger charge is 2.02. The van der Waals surface area contributed by atoms with E-state index in [9.17, 15) is 4.79 Å². The summed E-state index contributed by atoms with van der Waals surface area (Å²) < 4.78 is 0. The van der Waals surface area contributed by atoms with E-state index < -0.39 is 0 Å². The second-order valence-electron chi connectivity index (χ2n) is 4.21. The number of carbonyl (C=O) groups excluding carboxylic acids is 1. The molecule has 1 amide bonds. The number of benzene rings is 1. The van der Waals surface area contributed by atoms with Gasteiger partial charge >= 0.3 is 0 Å². The number of hydrogen-bond donors (Lipinski definition) is 2. The van der Waals surface area contributed by atoms with Crippen molar-refractivity contribution in [3.63, 3.8) is 0 Å². The molecular formula is C14H16N4OS. The van der Waals surface area contributed by atoms with Gasteiger partial charge in [-0.05, 0) is 36.4 Å². The first kappa shape index (κ1) is 14.3. The predicted molar refractivity (Wildman–Crippen MR) is 81.1 cm³/mol. The molecule has 3 N–H and O–H groups in total. The Labute approximate surface area is 122 Å². The van der Waals surface area contributed by atoms with Gasteiger partial charge in [0.1, 0.15) is 5.03 Å². The lowest BCUT2D eigenvalue weighted by atomic mass is 10.1. The summed E-state index contributed by atoms with van der Waals surface area (Å²) in [5, 5.41) is 4.06. The van der Waals surface area contributed by atoms with Gasteiger partial charge in [-0.2, -0.15) is 0 Å². The molecule has 0 aliphatic carbocycles. The number of anilines is 2. The third-order valence-corrected chi connectivity index (χ3v) is 3.33. The average molecular weight is 288 g/mol. The van der Waals surface area contributed by atoms with E-state index in [1.807, 2.05) is 36.6 Å². The molecule has 0 fully saturated rings. The molecule has 0 aliphatic heterocycles. The molecule has 1 heterocycles. The van der Waals surface area contributed by atoms with Crippen molar-refractivity contribution in [3.05, 3.63) is 42.1 Å². The normalized spacial score (nSPS) is 10.2. The van der Waals surface area contributed by atoms with Crippen molar-refractivity contribution in [2.24, 2.45) is 5.73 Å². The number of carbonyl (C=O) groups is 1. The summed E-state index contributed by atoms with van der Waals surface area (Å²) in [6, 6.07) is 9.66. The number of primary amides is 1. The van der Waals surface area contributed by atoms with Crippen molar-refractivity contribution in [1.29, 1.82) is 0 Å². The topological polar surface area (TPSA) is 80.9 Å². The summed E-state index contributed by atoms with van der Waals surface area (Å²) in [6.07, 6.45) is 4.67. The summed E-state index contributed by atoms with van der Waals surface area (Å²) >= 11 is 1.57. The maximum Gasteiger partial charge on any atom is 0.228 e. The Morgan fingerprint density at radius 3 is 3.00 bits per heavy atom. The number of aryl methyl sites for hydroxylation is 1. The van der Waals surface area contributed by atoms with Crippen molar-refractivity contribution < 1.29 is 4.79 Å². The van der Waals surface area contributed by atoms with Gasteiger partial charge in [0.2, 0.25) is 11.9 Å². The molecule has 1 aromatic heterocycles. The molecular weight excluding hydrogens is 272 g/mol. The van der Waals surface area contributed by atoms with E-state index >= 15 is 0 Å². The third-order valence-electron chi connectivity index (χ3n) is 2.68. The van der Waals surface area contributed by atoms with Gasteiger partial charge in [0.15, 0.2) is 0 Å². The molecule has 0 unspecified atom stereocenters. The van der Waals surface area contributed by atoms with Crippen LogP contribution in [0.5, 0.6) is 0 Å². The molecule has 0 spiro atoms. The third kappa shape index (κ3) is 4.24. The van der Waals surface area contributed by atoms with Crippen LogP contribution in [0, 0.1) is 0 Å². The Kier molecular flexibility index (Phi) is 4.95. The standard InChI is InChI=1S/C14H16N4OS/c1-20-13-7-8-16-14(18-13)17-11-4-2-3-10(9-11)5-6-12(15)19/h2-4,7-9H,5-6H2,1H3,(H2,15,19)(H,16,17,18). The van der Waals surface area contributed by atoms with E-state index in [0.29, 0.717) is 18.8 Å². The number of nitrogens with one attached hydrogen (secondary N) is 1. The SMILES string of the molecule is CSc1ccnc(Nc2cccc(CCC(N)=O)c2)n1. The summed E-state index contributed by atoms with van der Waals surface area (Å²) in [4.78, 5) is 19.3. The highest BCUT2D eigenvalue weighted by molar-refractivity contribution is 7.98. The molecule has 2 aromatic rings. The molecule has 104 valence electrons. The van der Waals surface area contributed by atoms with Gasteiger partial charge in [-0.3, -0.25) is 4.79 Å². The van der Waals surface area contributed by atoms with Crippen molar-refractivity contribution in [2.45, 2.75) is 17.9 Å². The molecule has 0 atom stereocenters. The summed E-state index contributed by atoms with van der Waals surface area (Å²) in [5.41, 5.74) is 7.10. The summed E-state index contributed by atoms with van der Waals surface area (Å²) in [5.74, 6) is 0.267. The van der Waals surface area contributed by atoms with Gasteiger partial charge in [0.05, 0.1) is 0 Å². The Bertz CT molecular complexity index is 603. The first-order valence-corrected chi connectivity index (χ1v) is 7.41. The Morgan fingerprint density at radius 2 is 2.25 bits per heavy atom. The van der Waals surface area contributed by atoms with Crippen LogP contribution in [-0.4, -0.2) is 22.1 Å². The van der Waals surface area contributed by atoms with Gasteiger partial charge in [-0.1, -0.05) is 12.1 Å². The molecule has 20 heavy (non-hydrogen) atoms. The zero-order chi connectivity index (χ0) is 14.4. The van der Waals surface area contributed by atoms with Crippen LogP contribution in [-0.2, 0) is 11.2 Å². The molecule has 6 heteroatoms. The molecule has 0 aliphatic rings. The van der Waals surface area contributed by atoms with Gasteiger partial charge in [-0.25, -0.2) is 9.97 Å². The average Bonchev–Trinajstić information content (AvgIpc) is 2.46. The largest absolute Gasteiger partial charge is 0.370 e. The molecule has 2 rings (SSSR count). The molecule has 0 bridgehead atoms. The zero-order valence-electron chi connectivity index (χ0n) is 11.2.